The highest BCUT2D eigenvalue weighted by molar-refractivity contribution is 6.30. The van der Waals surface area contributed by atoms with Crippen LogP contribution in [0.5, 0.6) is 5.75 Å². The van der Waals surface area contributed by atoms with Crippen LogP contribution in [0.25, 0.3) is 0 Å². The Morgan fingerprint density at radius 1 is 1.12 bits per heavy atom. The molecular weight excluding hydrogens is 330 g/mol. The number of hydrazine groups is 1. The summed E-state index contributed by atoms with van der Waals surface area (Å²) in [4.78, 5) is 10.8. The van der Waals surface area contributed by atoms with E-state index in [0.717, 1.165) is 5.56 Å². The highest BCUT2D eigenvalue weighted by Crippen LogP contribution is 2.16. The molecule has 2 rings (SSSR count). The lowest BCUT2D eigenvalue weighted by Gasteiger charge is -2.10. The fraction of sp³-hybridized carbons (Fsp3) is 0. The molecule has 0 saturated carbocycles. The van der Waals surface area contributed by atoms with E-state index in [2.05, 4.69) is 17.3 Å². The number of aliphatic carboxylic acids is 1. The van der Waals surface area contributed by atoms with Crippen LogP contribution >= 0.6 is 11.6 Å². The molecule has 0 atom stereocenters. The summed E-state index contributed by atoms with van der Waals surface area (Å²) in [7, 11) is 0. The number of carboxylic acids is 1. The predicted molar refractivity (Wildman–Crippen MR) is 90.7 cm³/mol. The Kier molecular flexibility index (Phi) is 5.68. The van der Waals surface area contributed by atoms with Crippen molar-refractivity contribution in [1.82, 2.24) is 5.43 Å². The average Bonchev–Trinajstić information content (AvgIpc) is 2.59. The number of halogens is 1. The quantitative estimate of drug-likeness (QED) is 0.221. The highest BCUT2D eigenvalue weighted by Gasteiger charge is 2.12. The van der Waals surface area contributed by atoms with Gasteiger partial charge < -0.3 is 15.6 Å². The third-order valence-electron chi connectivity index (χ3n) is 2.86. The number of carboxylic acid groups (broad SMARTS) is 1. The van der Waals surface area contributed by atoms with Gasteiger partial charge in [-0.25, -0.2) is 10.6 Å². The van der Waals surface area contributed by atoms with Gasteiger partial charge in [0.2, 0.25) is 5.88 Å². The zero-order valence-electron chi connectivity index (χ0n) is 12.4. The van der Waals surface area contributed by atoms with Crippen LogP contribution in [0.1, 0.15) is 11.1 Å². The number of nitrogens with two attached hydrogens (primary N) is 2. The molecule has 0 heterocycles. The molecule has 0 aromatic heterocycles. The molecule has 0 bridgehead atoms. The molecule has 0 aliphatic heterocycles. The molecule has 0 amide bonds. The first kappa shape index (κ1) is 17.2. The van der Waals surface area contributed by atoms with Crippen LogP contribution in [0.2, 0.25) is 5.02 Å². The fourth-order valence-corrected chi connectivity index (χ4v) is 1.82. The molecule has 122 valence electrons. The molecule has 6 N–H and O–H groups in total. The third kappa shape index (κ3) is 4.68. The van der Waals surface area contributed by atoms with E-state index in [1.54, 1.807) is 36.4 Å². The number of benzene rings is 2. The van der Waals surface area contributed by atoms with Gasteiger partial charge in [-0.3, -0.25) is 5.43 Å². The minimum absolute atomic E-state index is 0.259. The summed E-state index contributed by atoms with van der Waals surface area (Å²) in [5, 5.41) is 9.50. The first-order valence-corrected chi connectivity index (χ1v) is 7.12. The second-order valence-corrected chi connectivity index (χ2v) is 5.02. The number of nitrogens with one attached hydrogen (secondary N) is 1. The fourth-order valence-electron chi connectivity index (χ4n) is 1.69. The van der Waals surface area contributed by atoms with E-state index >= 15 is 0 Å². The Balaban J connectivity index is 2.22. The lowest BCUT2D eigenvalue weighted by Crippen LogP contribution is -2.31. The Morgan fingerprint density at radius 3 is 2.42 bits per heavy atom. The van der Waals surface area contributed by atoms with Crippen molar-refractivity contribution in [2.75, 3.05) is 0 Å². The van der Waals surface area contributed by atoms with Crippen LogP contribution < -0.4 is 21.7 Å². The number of carbonyl (C=O) groups is 1. The Bertz CT molecular complexity index is 836. The zero-order valence-corrected chi connectivity index (χ0v) is 13.2. The zero-order chi connectivity index (χ0) is 17.5. The summed E-state index contributed by atoms with van der Waals surface area (Å²) in [6.45, 7) is 0. The van der Waals surface area contributed by atoms with Crippen molar-refractivity contribution in [3.05, 3.63) is 76.3 Å². The van der Waals surface area contributed by atoms with Crippen molar-refractivity contribution >= 4 is 17.6 Å². The Hall–Kier alpha value is -3.14. The van der Waals surface area contributed by atoms with Crippen molar-refractivity contribution in [1.29, 1.82) is 0 Å². The van der Waals surface area contributed by atoms with Crippen LogP contribution in [0.3, 0.4) is 0 Å². The molecule has 0 saturated heterocycles. The van der Waals surface area contributed by atoms with Gasteiger partial charge in [0.25, 0.3) is 0 Å². The topological polar surface area (TPSA) is 111 Å². The normalized spacial score (nSPS) is 10.9. The van der Waals surface area contributed by atoms with Gasteiger partial charge in [0.05, 0.1) is 0 Å². The number of hydrogen-bond donors (Lipinski definition) is 4. The second kappa shape index (κ2) is 7.92. The van der Waals surface area contributed by atoms with Gasteiger partial charge in [-0.1, -0.05) is 29.5 Å². The van der Waals surface area contributed by atoms with E-state index < -0.39 is 11.7 Å². The van der Waals surface area contributed by atoms with Gasteiger partial charge >= 0.3 is 5.97 Å². The van der Waals surface area contributed by atoms with Crippen LogP contribution in [0.15, 0.2) is 60.1 Å². The average molecular weight is 344 g/mol. The van der Waals surface area contributed by atoms with Gasteiger partial charge in [0.1, 0.15) is 5.75 Å². The summed E-state index contributed by atoms with van der Waals surface area (Å²) in [6, 6.07) is 13.9. The largest absolute Gasteiger partial charge is 0.476 e. The molecule has 24 heavy (non-hydrogen) atoms. The van der Waals surface area contributed by atoms with Crippen LogP contribution in [-0.2, 0) is 4.79 Å². The number of hydrogen-bond acceptors (Lipinski definition) is 5. The van der Waals surface area contributed by atoms with Crippen LogP contribution in [-0.4, -0.2) is 11.1 Å². The molecule has 7 heteroatoms. The summed E-state index contributed by atoms with van der Waals surface area (Å²) in [6.07, 6.45) is 0. The van der Waals surface area contributed by atoms with Crippen LogP contribution in [0, 0.1) is 11.8 Å². The highest BCUT2D eigenvalue weighted by atomic mass is 35.5. The van der Waals surface area contributed by atoms with Crippen molar-refractivity contribution in [3.63, 3.8) is 0 Å². The van der Waals surface area contributed by atoms with Crippen molar-refractivity contribution in [3.8, 4) is 17.6 Å². The first-order chi connectivity index (χ1) is 11.5. The molecule has 6 nitrogen and oxygen atoms in total. The van der Waals surface area contributed by atoms with Crippen LogP contribution in [0.4, 0.5) is 0 Å². The van der Waals surface area contributed by atoms with E-state index in [1.807, 2.05) is 12.1 Å². The van der Waals surface area contributed by atoms with Gasteiger partial charge in [0, 0.05) is 16.1 Å². The van der Waals surface area contributed by atoms with Crippen molar-refractivity contribution in [2.24, 2.45) is 11.6 Å². The smallest absolute Gasteiger partial charge is 0.357 e. The Labute approximate surface area is 143 Å². The monoisotopic (exact) mass is 343 g/mol. The van der Waals surface area contributed by atoms with E-state index in [4.69, 9.17) is 33.0 Å². The minimum atomic E-state index is -1.35. The predicted octanol–water partition coefficient (Wildman–Crippen LogP) is 1.79. The molecule has 0 spiro atoms. The molecule has 0 radical (unpaired) electrons. The number of rotatable bonds is 4. The summed E-state index contributed by atoms with van der Waals surface area (Å²) >= 11 is 5.82. The maximum Gasteiger partial charge on any atom is 0.357 e. The molecular formula is C17H14ClN3O3. The second-order valence-electron chi connectivity index (χ2n) is 4.58. The first-order valence-electron chi connectivity index (χ1n) is 6.75. The molecule has 0 aliphatic rings. The van der Waals surface area contributed by atoms with Crippen molar-refractivity contribution < 1.29 is 14.6 Å². The summed E-state index contributed by atoms with van der Waals surface area (Å²) < 4.78 is 5.35. The van der Waals surface area contributed by atoms with E-state index in [-0.39, 0.29) is 5.88 Å². The van der Waals surface area contributed by atoms with Gasteiger partial charge in [-0.15, -0.1) is 0 Å². The van der Waals surface area contributed by atoms with E-state index in [9.17, 15) is 4.79 Å². The lowest BCUT2D eigenvalue weighted by molar-refractivity contribution is -0.132. The molecule has 2 aromatic carbocycles. The SMILES string of the molecule is NN/C(Oc1cccc(C#Cc2ccc(Cl)cc2)c1)=C(\N)C(=O)O. The summed E-state index contributed by atoms with van der Waals surface area (Å²) in [5.74, 6) is 9.93. The van der Waals surface area contributed by atoms with Gasteiger partial charge in [-0.2, -0.15) is 0 Å². The van der Waals surface area contributed by atoms with E-state index in [1.165, 1.54) is 0 Å². The van der Waals surface area contributed by atoms with Crippen molar-refractivity contribution in [2.45, 2.75) is 0 Å². The number of ether oxygens (including phenoxy) is 1. The molecule has 0 unspecified atom stereocenters. The molecule has 0 fully saturated rings. The lowest BCUT2D eigenvalue weighted by atomic mass is 10.2. The third-order valence-corrected chi connectivity index (χ3v) is 3.11. The van der Waals surface area contributed by atoms with E-state index in [0.29, 0.717) is 16.3 Å². The minimum Gasteiger partial charge on any atom is -0.476 e. The van der Waals surface area contributed by atoms with Gasteiger partial charge in [0.15, 0.2) is 5.70 Å². The Morgan fingerprint density at radius 2 is 1.79 bits per heavy atom. The standard InChI is InChI=1S/C17H14ClN3O3/c18-13-8-6-11(7-9-13)4-5-12-2-1-3-14(10-12)24-16(21-20)15(19)17(22)23/h1-3,6-10,21H,19-20H2,(H,22,23)/b16-15+. The van der Waals surface area contributed by atoms with Gasteiger partial charge in [-0.05, 0) is 42.5 Å². The maximum absolute atomic E-state index is 10.8. The maximum atomic E-state index is 10.8. The molecule has 0 aliphatic carbocycles. The molecule has 2 aromatic rings. The summed E-state index contributed by atoms with van der Waals surface area (Å²) in [5.41, 5.74) is 8.45.